The van der Waals surface area contributed by atoms with Gasteiger partial charge in [-0.2, -0.15) is 0 Å². The van der Waals surface area contributed by atoms with Crippen LogP contribution in [0.3, 0.4) is 0 Å². The van der Waals surface area contributed by atoms with Crippen molar-refractivity contribution in [3.63, 3.8) is 0 Å². The molecule has 2 aromatic carbocycles. The van der Waals surface area contributed by atoms with Crippen LogP contribution in [0.1, 0.15) is 82.2 Å². The summed E-state index contributed by atoms with van der Waals surface area (Å²) in [6.07, 6.45) is 3.01. The first-order chi connectivity index (χ1) is 14.4. The molecule has 2 aliphatic rings. The van der Waals surface area contributed by atoms with Crippen molar-refractivity contribution in [2.45, 2.75) is 82.3 Å². The molecule has 1 aliphatic heterocycles. The predicted molar refractivity (Wildman–Crippen MR) is 129 cm³/mol. The zero-order chi connectivity index (χ0) is 22.6. The second-order valence-corrected chi connectivity index (χ2v) is 12.1. The molecular weight excluding hydrogens is 402 g/mol. The van der Waals surface area contributed by atoms with Crippen molar-refractivity contribution >= 4 is 22.9 Å². The second kappa shape index (κ2) is 7.51. The number of benzene rings is 2. The van der Waals surface area contributed by atoms with Crippen molar-refractivity contribution in [3.8, 4) is 0 Å². The predicted octanol–water partition coefficient (Wildman–Crippen LogP) is 6.26. The number of fused-ring (bicyclic) bond motifs is 1. The average molecular weight is 436 g/mol. The number of carbonyl (C=O) groups excluding carboxylic acids is 2. The first-order valence-corrected chi connectivity index (χ1v) is 12.0. The van der Waals surface area contributed by atoms with Crippen molar-refractivity contribution in [2.75, 3.05) is 0 Å². The van der Waals surface area contributed by atoms with Crippen LogP contribution >= 0.6 is 11.8 Å². The van der Waals surface area contributed by atoms with E-state index in [0.717, 1.165) is 17.3 Å². The molecule has 0 saturated carbocycles. The molecule has 1 atom stereocenters. The van der Waals surface area contributed by atoms with Gasteiger partial charge in [0, 0.05) is 5.41 Å². The summed E-state index contributed by atoms with van der Waals surface area (Å²) in [6.45, 7) is 14.0. The summed E-state index contributed by atoms with van der Waals surface area (Å²) in [7, 11) is 0. The molecule has 4 heteroatoms. The molecule has 4 rings (SSSR count). The van der Waals surface area contributed by atoms with Crippen LogP contribution in [0.5, 0.6) is 0 Å². The van der Waals surface area contributed by atoms with Gasteiger partial charge in [-0.1, -0.05) is 95.8 Å². The van der Waals surface area contributed by atoms with E-state index in [1.165, 1.54) is 35.1 Å². The van der Waals surface area contributed by atoms with Crippen LogP contribution in [0.4, 0.5) is 4.79 Å². The number of rotatable bonds is 4. The Balaban J connectivity index is 1.61. The lowest BCUT2D eigenvalue weighted by Crippen LogP contribution is -2.34. The number of nitrogens with one attached hydrogen (secondary N) is 1. The Morgan fingerprint density at radius 2 is 1.48 bits per heavy atom. The summed E-state index contributed by atoms with van der Waals surface area (Å²) in [4.78, 5) is 23.3. The maximum Gasteiger partial charge on any atom is 0.286 e. The SMILES string of the molecule is CC1(C)CCC(C)(C)c2cc(C(C)(C)c3ccc(CC4SC(=O)NC4=O)cc3)ccc21. The minimum Gasteiger partial charge on any atom is -0.286 e. The van der Waals surface area contributed by atoms with E-state index < -0.39 is 0 Å². The highest BCUT2D eigenvalue weighted by Gasteiger charge is 2.38. The Labute approximate surface area is 190 Å². The Morgan fingerprint density at radius 1 is 0.903 bits per heavy atom. The molecule has 0 bridgehead atoms. The lowest BCUT2D eigenvalue weighted by atomic mass is 9.62. The fourth-order valence-electron chi connectivity index (χ4n) is 4.94. The monoisotopic (exact) mass is 435 g/mol. The first kappa shape index (κ1) is 22.1. The quantitative estimate of drug-likeness (QED) is 0.617. The number of imide groups is 1. The maximum atomic E-state index is 11.9. The number of hydrogen-bond donors (Lipinski definition) is 1. The van der Waals surface area contributed by atoms with Crippen molar-refractivity contribution in [2.24, 2.45) is 0 Å². The van der Waals surface area contributed by atoms with Crippen LogP contribution in [-0.2, 0) is 27.5 Å². The normalized spacial score (nSPS) is 22.2. The molecule has 0 spiro atoms. The molecule has 1 heterocycles. The fourth-order valence-corrected chi connectivity index (χ4v) is 5.80. The molecule has 2 amide bonds. The number of carbonyl (C=O) groups is 2. The zero-order valence-corrected chi connectivity index (χ0v) is 20.3. The van der Waals surface area contributed by atoms with E-state index in [1.54, 1.807) is 0 Å². The van der Waals surface area contributed by atoms with Gasteiger partial charge in [0.1, 0.15) is 0 Å². The number of hydrogen-bond acceptors (Lipinski definition) is 3. The van der Waals surface area contributed by atoms with Gasteiger partial charge in [0.25, 0.3) is 5.24 Å². The zero-order valence-electron chi connectivity index (χ0n) is 19.5. The van der Waals surface area contributed by atoms with Crippen LogP contribution in [0.2, 0.25) is 0 Å². The van der Waals surface area contributed by atoms with Gasteiger partial charge >= 0.3 is 0 Å². The highest BCUT2D eigenvalue weighted by atomic mass is 32.2. The lowest BCUT2D eigenvalue weighted by molar-refractivity contribution is -0.118. The van der Waals surface area contributed by atoms with E-state index in [9.17, 15) is 9.59 Å². The molecule has 3 nitrogen and oxygen atoms in total. The van der Waals surface area contributed by atoms with Crippen LogP contribution in [0.25, 0.3) is 0 Å². The van der Waals surface area contributed by atoms with E-state index >= 15 is 0 Å². The van der Waals surface area contributed by atoms with E-state index in [2.05, 4.69) is 89.3 Å². The molecule has 1 unspecified atom stereocenters. The fraction of sp³-hybridized carbons (Fsp3) is 0.481. The molecule has 0 radical (unpaired) electrons. The van der Waals surface area contributed by atoms with E-state index in [4.69, 9.17) is 0 Å². The molecule has 31 heavy (non-hydrogen) atoms. The summed E-state index contributed by atoms with van der Waals surface area (Å²) in [6, 6.07) is 15.6. The van der Waals surface area contributed by atoms with Crippen molar-refractivity contribution in [1.29, 1.82) is 0 Å². The average Bonchev–Trinajstić information content (AvgIpc) is 3.02. The van der Waals surface area contributed by atoms with E-state index in [-0.39, 0.29) is 32.6 Å². The summed E-state index contributed by atoms with van der Waals surface area (Å²) < 4.78 is 0. The van der Waals surface area contributed by atoms with Gasteiger partial charge in [0.15, 0.2) is 0 Å². The summed E-state index contributed by atoms with van der Waals surface area (Å²) in [5.41, 5.74) is 6.93. The Kier molecular flexibility index (Phi) is 5.36. The van der Waals surface area contributed by atoms with Crippen molar-refractivity contribution < 1.29 is 9.59 Å². The van der Waals surface area contributed by atoms with Gasteiger partial charge in [0.05, 0.1) is 5.25 Å². The Bertz CT molecular complexity index is 1030. The molecule has 1 aliphatic carbocycles. The highest BCUT2D eigenvalue weighted by molar-refractivity contribution is 8.15. The molecule has 164 valence electrons. The van der Waals surface area contributed by atoms with Crippen LogP contribution < -0.4 is 5.32 Å². The van der Waals surface area contributed by atoms with Crippen LogP contribution in [0.15, 0.2) is 42.5 Å². The van der Waals surface area contributed by atoms with E-state index in [0.29, 0.717) is 6.42 Å². The van der Waals surface area contributed by atoms with Crippen LogP contribution in [0, 0.1) is 0 Å². The van der Waals surface area contributed by atoms with Gasteiger partial charge < -0.3 is 0 Å². The maximum absolute atomic E-state index is 11.9. The molecule has 0 aromatic heterocycles. The molecular formula is C27H33NO2S. The summed E-state index contributed by atoms with van der Waals surface area (Å²) in [5, 5.41) is 1.80. The van der Waals surface area contributed by atoms with Gasteiger partial charge in [-0.3, -0.25) is 14.9 Å². The summed E-state index contributed by atoms with van der Waals surface area (Å²) in [5.74, 6) is -0.181. The third kappa shape index (κ3) is 4.07. The van der Waals surface area contributed by atoms with Gasteiger partial charge in [-0.15, -0.1) is 0 Å². The third-order valence-corrected chi connectivity index (χ3v) is 8.42. The topological polar surface area (TPSA) is 46.2 Å². The minimum absolute atomic E-state index is 0.124. The minimum atomic E-state index is -0.322. The Hall–Kier alpha value is -2.07. The van der Waals surface area contributed by atoms with Crippen LogP contribution in [-0.4, -0.2) is 16.4 Å². The largest absolute Gasteiger partial charge is 0.286 e. The van der Waals surface area contributed by atoms with Gasteiger partial charge in [-0.25, -0.2) is 0 Å². The van der Waals surface area contributed by atoms with Crippen molar-refractivity contribution in [1.82, 2.24) is 5.32 Å². The number of thioether (sulfide) groups is 1. The smallest absolute Gasteiger partial charge is 0.286 e. The molecule has 1 N–H and O–H groups in total. The third-order valence-electron chi connectivity index (χ3n) is 7.44. The molecule has 1 saturated heterocycles. The Morgan fingerprint density at radius 3 is 2.06 bits per heavy atom. The van der Waals surface area contributed by atoms with E-state index in [1.807, 2.05) is 0 Å². The molecule has 1 fully saturated rings. The van der Waals surface area contributed by atoms with Gasteiger partial charge in [-0.05, 0) is 57.9 Å². The number of amides is 2. The molecule has 2 aromatic rings. The lowest BCUT2D eigenvalue weighted by Gasteiger charge is -2.43. The summed E-state index contributed by atoms with van der Waals surface area (Å²) >= 11 is 1.09. The van der Waals surface area contributed by atoms with Gasteiger partial charge in [0.2, 0.25) is 5.91 Å². The highest BCUT2D eigenvalue weighted by Crippen LogP contribution is 2.47. The first-order valence-electron chi connectivity index (χ1n) is 11.2. The van der Waals surface area contributed by atoms with Crippen molar-refractivity contribution in [3.05, 3.63) is 70.3 Å². The second-order valence-electron chi connectivity index (χ2n) is 10.9. The standard InChI is InChI=1S/C27H33NO2S/c1-25(2)13-14-26(3,4)21-16-19(11-12-20(21)25)27(5,6)18-9-7-17(8-10-18)15-22-23(29)28-24(30)31-22/h7-12,16,22H,13-15H2,1-6H3,(H,28,29,30).